The summed E-state index contributed by atoms with van der Waals surface area (Å²) in [5.74, 6) is 0.0976. The van der Waals surface area contributed by atoms with Gasteiger partial charge in [0.2, 0.25) is 0 Å². The van der Waals surface area contributed by atoms with Crippen LogP contribution in [-0.2, 0) is 0 Å². The second-order valence-electron chi connectivity index (χ2n) is 3.45. The van der Waals surface area contributed by atoms with Gasteiger partial charge in [0.05, 0.1) is 6.10 Å². The molecule has 0 aliphatic heterocycles. The molecule has 1 aliphatic carbocycles. The maximum Gasteiger partial charge on any atom is 0.124 e. The van der Waals surface area contributed by atoms with Crippen LogP contribution in [0.2, 0.25) is 0 Å². The van der Waals surface area contributed by atoms with Crippen molar-refractivity contribution in [1.82, 2.24) is 0 Å². The number of rotatable bonds is 2. The Hall–Kier alpha value is -0.410. The molecule has 3 heteroatoms. The zero-order chi connectivity index (χ0) is 9.42. The molecule has 1 aromatic carbocycles. The van der Waals surface area contributed by atoms with E-state index in [1.165, 1.54) is 12.1 Å². The van der Waals surface area contributed by atoms with Crippen LogP contribution in [0.4, 0.5) is 4.39 Å². The lowest BCUT2D eigenvalue weighted by molar-refractivity contribution is 0.153. The van der Waals surface area contributed by atoms with Gasteiger partial charge < -0.3 is 5.11 Å². The molecule has 1 fully saturated rings. The second kappa shape index (κ2) is 3.39. The lowest BCUT2D eigenvalue weighted by Gasteiger charge is -2.11. The van der Waals surface area contributed by atoms with E-state index in [0.717, 1.165) is 18.4 Å². The summed E-state index contributed by atoms with van der Waals surface area (Å²) >= 11 is 3.24. The monoisotopic (exact) mass is 244 g/mol. The van der Waals surface area contributed by atoms with Crippen molar-refractivity contribution in [1.29, 1.82) is 0 Å². The Labute approximate surface area is 84.7 Å². The third-order valence-electron chi connectivity index (χ3n) is 2.35. The number of hydrogen-bond donors (Lipinski definition) is 1. The third-order valence-corrected chi connectivity index (χ3v) is 3.04. The molecule has 1 nitrogen and oxygen atoms in total. The number of aliphatic hydroxyl groups excluding tert-OH is 1. The van der Waals surface area contributed by atoms with E-state index in [2.05, 4.69) is 15.9 Å². The van der Waals surface area contributed by atoms with Crippen molar-refractivity contribution in [2.24, 2.45) is 5.92 Å². The molecular weight excluding hydrogens is 235 g/mol. The molecule has 70 valence electrons. The summed E-state index contributed by atoms with van der Waals surface area (Å²) in [6, 6.07) is 4.41. The van der Waals surface area contributed by atoms with Gasteiger partial charge in [-0.05, 0) is 36.5 Å². The predicted molar refractivity (Wildman–Crippen MR) is 51.8 cm³/mol. The van der Waals surface area contributed by atoms with Gasteiger partial charge in [0.1, 0.15) is 5.82 Å². The SMILES string of the molecule is O[C@@H](c1ccc(F)cc1Br)C1CC1. The number of benzene rings is 1. The van der Waals surface area contributed by atoms with Gasteiger partial charge >= 0.3 is 0 Å². The van der Waals surface area contributed by atoms with Crippen LogP contribution in [-0.4, -0.2) is 5.11 Å². The minimum atomic E-state index is -0.435. The van der Waals surface area contributed by atoms with Crippen LogP contribution >= 0.6 is 15.9 Å². The predicted octanol–water partition coefficient (Wildman–Crippen LogP) is 3.03. The minimum Gasteiger partial charge on any atom is -0.388 e. The fourth-order valence-corrected chi connectivity index (χ4v) is 1.99. The molecule has 13 heavy (non-hydrogen) atoms. The number of aliphatic hydroxyl groups is 1. The average molecular weight is 245 g/mol. The molecule has 1 aromatic rings. The second-order valence-corrected chi connectivity index (χ2v) is 4.30. The van der Waals surface area contributed by atoms with Crippen LogP contribution in [0.3, 0.4) is 0 Å². The van der Waals surface area contributed by atoms with Crippen molar-refractivity contribution in [3.05, 3.63) is 34.1 Å². The maximum atomic E-state index is 12.7. The highest BCUT2D eigenvalue weighted by molar-refractivity contribution is 9.10. The highest BCUT2D eigenvalue weighted by atomic mass is 79.9. The largest absolute Gasteiger partial charge is 0.388 e. The quantitative estimate of drug-likeness (QED) is 0.849. The Balaban J connectivity index is 2.28. The molecule has 1 saturated carbocycles. The van der Waals surface area contributed by atoms with Crippen LogP contribution < -0.4 is 0 Å². The van der Waals surface area contributed by atoms with E-state index in [-0.39, 0.29) is 5.82 Å². The normalized spacial score (nSPS) is 18.7. The van der Waals surface area contributed by atoms with E-state index in [9.17, 15) is 9.50 Å². The molecule has 0 aromatic heterocycles. The molecule has 1 atom stereocenters. The summed E-state index contributed by atoms with van der Waals surface area (Å²) in [5, 5.41) is 9.78. The van der Waals surface area contributed by atoms with E-state index >= 15 is 0 Å². The summed E-state index contributed by atoms with van der Waals surface area (Å²) < 4.78 is 13.4. The van der Waals surface area contributed by atoms with Crippen molar-refractivity contribution < 1.29 is 9.50 Å². The topological polar surface area (TPSA) is 20.2 Å². The molecule has 1 aliphatic rings. The summed E-state index contributed by atoms with van der Waals surface area (Å²) in [6.45, 7) is 0. The van der Waals surface area contributed by atoms with Crippen LogP contribution in [0, 0.1) is 11.7 Å². The molecular formula is C10H10BrFO. The van der Waals surface area contributed by atoms with E-state index in [4.69, 9.17) is 0 Å². The first kappa shape index (κ1) is 9.16. The third kappa shape index (κ3) is 1.92. The lowest BCUT2D eigenvalue weighted by atomic mass is 10.1. The molecule has 0 amide bonds. The van der Waals surface area contributed by atoms with Crippen molar-refractivity contribution in [2.75, 3.05) is 0 Å². The highest BCUT2D eigenvalue weighted by Crippen LogP contribution is 2.42. The molecule has 0 saturated heterocycles. The van der Waals surface area contributed by atoms with E-state index < -0.39 is 6.10 Å². The van der Waals surface area contributed by atoms with Crippen LogP contribution in [0.25, 0.3) is 0 Å². The van der Waals surface area contributed by atoms with Crippen molar-refractivity contribution in [2.45, 2.75) is 18.9 Å². The maximum absolute atomic E-state index is 12.7. The fourth-order valence-electron chi connectivity index (χ4n) is 1.41. The van der Waals surface area contributed by atoms with Gasteiger partial charge in [-0.2, -0.15) is 0 Å². The van der Waals surface area contributed by atoms with Gasteiger partial charge in [0, 0.05) is 4.47 Å². The number of hydrogen-bond acceptors (Lipinski definition) is 1. The Morgan fingerprint density at radius 3 is 2.69 bits per heavy atom. The smallest absolute Gasteiger partial charge is 0.124 e. The zero-order valence-electron chi connectivity index (χ0n) is 7.00. The Kier molecular flexibility index (Phi) is 2.39. The van der Waals surface area contributed by atoms with Crippen molar-refractivity contribution >= 4 is 15.9 Å². The first-order valence-electron chi connectivity index (χ1n) is 4.31. The van der Waals surface area contributed by atoms with E-state index in [1.807, 2.05) is 0 Å². The number of halogens is 2. The standard InChI is InChI=1S/C10H10BrFO/c11-9-5-7(12)3-4-8(9)10(13)6-1-2-6/h3-6,10,13H,1-2H2/t10-/m1/s1. The molecule has 0 radical (unpaired) electrons. The Bertz CT molecular complexity index is 323. The first-order valence-corrected chi connectivity index (χ1v) is 5.11. The summed E-state index contributed by atoms with van der Waals surface area (Å²) in [5.41, 5.74) is 0.795. The van der Waals surface area contributed by atoms with Gasteiger partial charge in [-0.3, -0.25) is 0 Å². The summed E-state index contributed by atoms with van der Waals surface area (Å²) in [6.07, 6.45) is 1.71. The fraction of sp³-hybridized carbons (Fsp3) is 0.400. The van der Waals surface area contributed by atoms with E-state index in [1.54, 1.807) is 6.07 Å². The zero-order valence-corrected chi connectivity index (χ0v) is 8.59. The molecule has 2 rings (SSSR count). The summed E-state index contributed by atoms with van der Waals surface area (Å²) in [7, 11) is 0. The first-order chi connectivity index (χ1) is 6.18. The molecule has 0 heterocycles. The molecule has 1 N–H and O–H groups in total. The van der Waals surface area contributed by atoms with Gasteiger partial charge in [0.15, 0.2) is 0 Å². The van der Waals surface area contributed by atoms with Crippen LogP contribution in [0.5, 0.6) is 0 Å². The van der Waals surface area contributed by atoms with Gasteiger partial charge in [-0.1, -0.05) is 22.0 Å². The highest BCUT2D eigenvalue weighted by Gasteiger charge is 2.31. The van der Waals surface area contributed by atoms with Crippen molar-refractivity contribution in [3.63, 3.8) is 0 Å². The summed E-state index contributed by atoms with van der Waals surface area (Å²) in [4.78, 5) is 0. The Morgan fingerprint density at radius 1 is 1.46 bits per heavy atom. The molecule has 0 spiro atoms. The molecule has 0 unspecified atom stereocenters. The van der Waals surface area contributed by atoms with Crippen LogP contribution in [0.1, 0.15) is 24.5 Å². The molecule has 0 bridgehead atoms. The van der Waals surface area contributed by atoms with Gasteiger partial charge in [-0.25, -0.2) is 4.39 Å². The van der Waals surface area contributed by atoms with Gasteiger partial charge in [0.25, 0.3) is 0 Å². The van der Waals surface area contributed by atoms with Gasteiger partial charge in [-0.15, -0.1) is 0 Å². The minimum absolute atomic E-state index is 0.279. The van der Waals surface area contributed by atoms with E-state index in [0.29, 0.717) is 10.4 Å². The lowest BCUT2D eigenvalue weighted by Crippen LogP contribution is -2.00. The Morgan fingerprint density at radius 2 is 2.15 bits per heavy atom. The van der Waals surface area contributed by atoms with Crippen molar-refractivity contribution in [3.8, 4) is 0 Å². The van der Waals surface area contributed by atoms with Crippen LogP contribution in [0.15, 0.2) is 22.7 Å². The average Bonchev–Trinajstić information content (AvgIpc) is 2.85.